The fraction of sp³-hybridized carbons (Fsp3) is 0.926. The Morgan fingerprint density at radius 3 is 1.75 bits per heavy atom. The van der Waals surface area contributed by atoms with E-state index in [0.717, 1.165) is 38.5 Å². The number of ether oxygens (including phenoxy) is 1. The molecule has 0 aromatic heterocycles. The minimum atomic E-state index is -0.421. The maximum Gasteiger partial charge on any atom is 0.220 e. The molecule has 0 unspecified atom stereocenters. The summed E-state index contributed by atoms with van der Waals surface area (Å²) in [6.07, 6.45) is 16.4. The fourth-order valence-corrected chi connectivity index (χ4v) is 3.67. The van der Waals surface area contributed by atoms with Gasteiger partial charge in [-0.2, -0.15) is 0 Å². The van der Waals surface area contributed by atoms with Crippen molar-refractivity contribution in [2.75, 3.05) is 13.2 Å². The minimum Gasteiger partial charge on any atom is -0.374 e. The van der Waals surface area contributed by atoms with Gasteiger partial charge in [-0.05, 0) is 47.0 Å². The van der Waals surface area contributed by atoms with Gasteiger partial charge in [-0.25, -0.2) is 0 Å². The van der Waals surface area contributed by atoms with E-state index >= 15 is 0 Å². The molecule has 0 spiro atoms. The van der Waals surface area contributed by atoms with Gasteiger partial charge in [0.25, 0.3) is 0 Å². The van der Waals surface area contributed by atoms with E-state index in [1.54, 1.807) is 0 Å². The number of hydrogen-bond acceptors (Lipinski definition) is 3. The fourth-order valence-electron chi connectivity index (χ4n) is 3.67. The second-order valence-electron chi connectivity index (χ2n) is 10.6. The van der Waals surface area contributed by atoms with Gasteiger partial charge >= 0.3 is 0 Å². The minimum absolute atomic E-state index is 0.115. The smallest absolute Gasteiger partial charge is 0.220 e. The molecule has 0 rings (SSSR count). The molecule has 0 saturated heterocycles. The van der Waals surface area contributed by atoms with E-state index in [0.29, 0.717) is 26.0 Å². The highest BCUT2D eigenvalue weighted by Gasteiger charge is 2.24. The molecule has 2 amide bonds. The number of unbranched alkanes of at least 4 members (excludes halogenated alkanes) is 10. The summed E-state index contributed by atoms with van der Waals surface area (Å²) >= 11 is 0. The topological polar surface area (TPSA) is 67.4 Å². The third kappa shape index (κ3) is 19.6. The number of carbonyl (C=O) groups is 2. The molecule has 5 nitrogen and oxygen atoms in total. The molecule has 0 fully saturated rings. The molecule has 0 atom stereocenters. The van der Waals surface area contributed by atoms with Crippen LogP contribution in [0.1, 0.15) is 138 Å². The Labute approximate surface area is 199 Å². The van der Waals surface area contributed by atoms with Gasteiger partial charge in [0.05, 0.1) is 5.60 Å². The lowest BCUT2D eigenvalue weighted by Gasteiger charge is -2.30. The first-order valence-electron chi connectivity index (χ1n) is 13.3. The zero-order chi connectivity index (χ0) is 24.3. The Kier molecular flexibility index (Phi) is 17.7. The van der Waals surface area contributed by atoms with Gasteiger partial charge in [-0.1, -0.05) is 78.1 Å². The van der Waals surface area contributed by atoms with Crippen LogP contribution in [0.25, 0.3) is 0 Å². The highest BCUT2D eigenvalue weighted by molar-refractivity contribution is 5.76. The van der Waals surface area contributed by atoms with Crippen molar-refractivity contribution in [1.82, 2.24) is 10.6 Å². The maximum atomic E-state index is 12.1. The van der Waals surface area contributed by atoms with Crippen molar-refractivity contribution in [2.45, 2.75) is 149 Å². The molecule has 2 N–H and O–H groups in total. The zero-order valence-electron chi connectivity index (χ0n) is 22.2. The van der Waals surface area contributed by atoms with E-state index in [2.05, 4.69) is 24.5 Å². The monoisotopic (exact) mass is 454 g/mol. The van der Waals surface area contributed by atoms with Crippen LogP contribution in [-0.4, -0.2) is 36.1 Å². The quantitative estimate of drug-likeness (QED) is 0.190. The number of carbonyl (C=O) groups excluding carboxylic acids is 2. The average molecular weight is 455 g/mol. The van der Waals surface area contributed by atoms with E-state index in [1.807, 2.05) is 27.7 Å². The van der Waals surface area contributed by atoms with E-state index in [4.69, 9.17) is 4.74 Å². The molecule has 0 aliphatic heterocycles. The standard InChI is InChI=1S/C27H54N2O3/c1-7-9-11-12-13-14-15-16-18-19-24(30)28-23-27(5,6)32-22-21-26(3,4)29-25(31)20-17-10-8-2/h7-23H2,1-6H3,(H,28,30)(H,29,31). The molecule has 0 aliphatic carbocycles. The Morgan fingerprint density at radius 1 is 0.688 bits per heavy atom. The molecule has 0 heterocycles. The van der Waals surface area contributed by atoms with Crippen molar-refractivity contribution in [3.8, 4) is 0 Å². The first kappa shape index (κ1) is 30.9. The first-order valence-corrected chi connectivity index (χ1v) is 13.3. The molecular weight excluding hydrogens is 400 g/mol. The zero-order valence-corrected chi connectivity index (χ0v) is 22.2. The number of amides is 2. The molecule has 32 heavy (non-hydrogen) atoms. The molecule has 0 bridgehead atoms. The van der Waals surface area contributed by atoms with Gasteiger partial charge in [-0.3, -0.25) is 9.59 Å². The number of hydrogen-bond donors (Lipinski definition) is 2. The Bertz CT molecular complexity index is 489. The van der Waals surface area contributed by atoms with E-state index < -0.39 is 5.60 Å². The van der Waals surface area contributed by atoms with Crippen molar-refractivity contribution < 1.29 is 14.3 Å². The van der Waals surface area contributed by atoms with Crippen LogP contribution in [0.5, 0.6) is 0 Å². The summed E-state index contributed by atoms with van der Waals surface area (Å²) in [7, 11) is 0. The molecule has 0 radical (unpaired) electrons. The van der Waals surface area contributed by atoms with Gasteiger partial charge in [0.2, 0.25) is 11.8 Å². The largest absolute Gasteiger partial charge is 0.374 e. The summed E-state index contributed by atoms with van der Waals surface area (Å²) in [5.74, 6) is 0.232. The summed E-state index contributed by atoms with van der Waals surface area (Å²) in [5.41, 5.74) is -0.714. The number of nitrogens with one attached hydrogen (secondary N) is 2. The van der Waals surface area contributed by atoms with Crippen LogP contribution < -0.4 is 10.6 Å². The number of rotatable bonds is 21. The van der Waals surface area contributed by atoms with Crippen LogP contribution in [0.4, 0.5) is 0 Å². The van der Waals surface area contributed by atoms with Crippen LogP contribution in [-0.2, 0) is 14.3 Å². The summed E-state index contributed by atoms with van der Waals surface area (Å²) in [6, 6.07) is 0. The molecule has 0 aromatic carbocycles. The Balaban J connectivity index is 3.87. The Morgan fingerprint density at radius 2 is 1.16 bits per heavy atom. The Hall–Kier alpha value is -1.10. The van der Waals surface area contributed by atoms with Crippen molar-refractivity contribution in [2.24, 2.45) is 0 Å². The molecule has 190 valence electrons. The SMILES string of the molecule is CCCCCCCCCCCC(=O)NCC(C)(C)OCCC(C)(C)NC(=O)CCCCC. The summed E-state index contributed by atoms with van der Waals surface area (Å²) in [6.45, 7) is 13.5. The van der Waals surface area contributed by atoms with Crippen molar-refractivity contribution >= 4 is 11.8 Å². The lowest BCUT2D eigenvalue weighted by Crippen LogP contribution is -2.45. The molecule has 0 saturated carbocycles. The molecular formula is C27H54N2O3. The highest BCUT2D eigenvalue weighted by atomic mass is 16.5. The van der Waals surface area contributed by atoms with Crippen LogP contribution >= 0.6 is 0 Å². The van der Waals surface area contributed by atoms with E-state index in [1.165, 1.54) is 44.9 Å². The van der Waals surface area contributed by atoms with Gasteiger partial charge in [-0.15, -0.1) is 0 Å². The molecule has 5 heteroatoms. The van der Waals surface area contributed by atoms with Crippen LogP contribution in [0, 0.1) is 0 Å². The lowest BCUT2D eigenvalue weighted by molar-refractivity contribution is -0.124. The van der Waals surface area contributed by atoms with Crippen LogP contribution in [0.2, 0.25) is 0 Å². The van der Waals surface area contributed by atoms with Crippen LogP contribution in [0.3, 0.4) is 0 Å². The van der Waals surface area contributed by atoms with Crippen LogP contribution in [0.15, 0.2) is 0 Å². The normalized spacial score (nSPS) is 12.1. The summed E-state index contributed by atoms with van der Waals surface area (Å²) < 4.78 is 6.03. The van der Waals surface area contributed by atoms with Gasteiger partial charge in [0, 0.05) is 31.5 Å². The van der Waals surface area contributed by atoms with Crippen molar-refractivity contribution in [3.63, 3.8) is 0 Å². The van der Waals surface area contributed by atoms with Crippen molar-refractivity contribution in [1.29, 1.82) is 0 Å². The van der Waals surface area contributed by atoms with E-state index in [-0.39, 0.29) is 17.4 Å². The highest BCUT2D eigenvalue weighted by Crippen LogP contribution is 2.15. The molecule has 0 aliphatic rings. The average Bonchev–Trinajstić information content (AvgIpc) is 2.70. The summed E-state index contributed by atoms with van der Waals surface area (Å²) in [5, 5.41) is 6.14. The lowest BCUT2D eigenvalue weighted by atomic mass is 10.0. The predicted molar refractivity (Wildman–Crippen MR) is 136 cm³/mol. The molecule has 0 aromatic rings. The van der Waals surface area contributed by atoms with Gasteiger partial charge in [0.15, 0.2) is 0 Å². The second kappa shape index (κ2) is 18.3. The van der Waals surface area contributed by atoms with Crippen molar-refractivity contribution in [3.05, 3.63) is 0 Å². The third-order valence-corrected chi connectivity index (χ3v) is 5.92. The van der Waals surface area contributed by atoms with E-state index in [9.17, 15) is 9.59 Å². The van der Waals surface area contributed by atoms with Gasteiger partial charge < -0.3 is 15.4 Å². The maximum absolute atomic E-state index is 12.1. The third-order valence-electron chi connectivity index (χ3n) is 5.92. The summed E-state index contributed by atoms with van der Waals surface area (Å²) in [4.78, 5) is 24.2. The van der Waals surface area contributed by atoms with Gasteiger partial charge in [0.1, 0.15) is 0 Å². The second-order valence-corrected chi connectivity index (χ2v) is 10.6. The first-order chi connectivity index (χ1) is 15.1. The predicted octanol–water partition coefficient (Wildman–Crippen LogP) is 6.68.